The molecule has 2 rings (SSSR count). The van der Waals surface area contributed by atoms with Crippen LogP contribution in [0.1, 0.15) is 12.0 Å². The molecule has 0 bridgehead atoms. The molecule has 17 heavy (non-hydrogen) atoms. The molecular formula is C11H17N3O2S. The van der Waals surface area contributed by atoms with Crippen molar-refractivity contribution in [2.24, 2.45) is 0 Å². The molecule has 1 aliphatic heterocycles. The SMILES string of the molecule is Cc1cc(N2CCCS(=O)(=O)CC2)ncc1N. The van der Waals surface area contributed by atoms with Gasteiger partial charge in [-0.3, -0.25) is 0 Å². The second kappa shape index (κ2) is 4.52. The van der Waals surface area contributed by atoms with Crippen molar-refractivity contribution in [3.05, 3.63) is 17.8 Å². The fourth-order valence-corrected chi connectivity index (χ4v) is 3.16. The van der Waals surface area contributed by atoms with Crippen LogP contribution in [0.15, 0.2) is 12.3 Å². The van der Waals surface area contributed by atoms with Crippen molar-refractivity contribution in [3.63, 3.8) is 0 Å². The molecule has 2 N–H and O–H groups in total. The van der Waals surface area contributed by atoms with Crippen LogP contribution in [0.2, 0.25) is 0 Å². The van der Waals surface area contributed by atoms with Gasteiger partial charge < -0.3 is 10.6 Å². The molecule has 0 aromatic carbocycles. The van der Waals surface area contributed by atoms with E-state index in [1.807, 2.05) is 17.9 Å². The van der Waals surface area contributed by atoms with Crippen molar-refractivity contribution in [1.82, 2.24) is 4.98 Å². The van der Waals surface area contributed by atoms with E-state index in [4.69, 9.17) is 5.73 Å². The van der Waals surface area contributed by atoms with Gasteiger partial charge in [-0.2, -0.15) is 0 Å². The lowest BCUT2D eigenvalue weighted by atomic mass is 10.2. The van der Waals surface area contributed by atoms with Crippen LogP contribution >= 0.6 is 0 Å². The van der Waals surface area contributed by atoms with Crippen molar-refractivity contribution >= 4 is 21.3 Å². The topological polar surface area (TPSA) is 76.3 Å². The van der Waals surface area contributed by atoms with Crippen molar-refractivity contribution in [2.75, 3.05) is 35.2 Å². The van der Waals surface area contributed by atoms with Gasteiger partial charge in [0.25, 0.3) is 0 Å². The van der Waals surface area contributed by atoms with Crippen LogP contribution < -0.4 is 10.6 Å². The van der Waals surface area contributed by atoms with Gasteiger partial charge in [0.1, 0.15) is 5.82 Å². The van der Waals surface area contributed by atoms with Gasteiger partial charge in [-0.1, -0.05) is 0 Å². The van der Waals surface area contributed by atoms with E-state index in [1.165, 1.54) is 0 Å². The normalized spacial score (nSPS) is 19.9. The number of rotatable bonds is 1. The summed E-state index contributed by atoms with van der Waals surface area (Å²) in [5, 5.41) is 0. The molecule has 0 saturated carbocycles. The van der Waals surface area contributed by atoms with Gasteiger partial charge in [0.15, 0.2) is 9.84 Å². The molecule has 1 saturated heterocycles. The largest absolute Gasteiger partial charge is 0.397 e. The highest BCUT2D eigenvalue weighted by Gasteiger charge is 2.20. The number of aromatic nitrogens is 1. The Hall–Kier alpha value is -1.30. The van der Waals surface area contributed by atoms with Crippen LogP contribution in [0.3, 0.4) is 0 Å². The van der Waals surface area contributed by atoms with E-state index in [2.05, 4.69) is 4.98 Å². The van der Waals surface area contributed by atoms with Crippen molar-refractivity contribution in [2.45, 2.75) is 13.3 Å². The first-order chi connectivity index (χ1) is 7.98. The summed E-state index contributed by atoms with van der Waals surface area (Å²) in [7, 11) is -2.87. The molecule has 94 valence electrons. The van der Waals surface area contributed by atoms with Crippen LogP contribution in [0.25, 0.3) is 0 Å². The third kappa shape index (κ3) is 2.88. The third-order valence-electron chi connectivity index (χ3n) is 3.02. The number of nitrogens with two attached hydrogens (primary N) is 1. The highest BCUT2D eigenvalue weighted by atomic mass is 32.2. The maximum atomic E-state index is 11.5. The zero-order valence-corrected chi connectivity index (χ0v) is 10.7. The maximum absolute atomic E-state index is 11.5. The van der Waals surface area contributed by atoms with Gasteiger partial charge in [-0.05, 0) is 25.0 Å². The molecule has 2 heterocycles. The Morgan fingerprint density at radius 2 is 2.12 bits per heavy atom. The molecule has 0 spiro atoms. The summed E-state index contributed by atoms with van der Waals surface area (Å²) in [6.07, 6.45) is 2.29. The van der Waals surface area contributed by atoms with Gasteiger partial charge in [-0.15, -0.1) is 0 Å². The first-order valence-electron chi connectivity index (χ1n) is 5.65. The molecule has 0 amide bonds. The Labute approximate surface area is 102 Å². The van der Waals surface area contributed by atoms with E-state index in [1.54, 1.807) is 6.20 Å². The molecule has 1 aromatic heterocycles. The molecule has 0 radical (unpaired) electrons. The fourth-order valence-electron chi connectivity index (χ4n) is 1.89. The predicted molar refractivity (Wildman–Crippen MR) is 68.9 cm³/mol. The first kappa shape index (κ1) is 12.2. The molecule has 6 heteroatoms. The Morgan fingerprint density at radius 1 is 1.35 bits per heavy atom. The summed E-state index contributed by atoms with van der Waals surface area (Å²) in [5.74, 6) is 1.30. The molecule has 1 aliphatic rings. The Balaban J connectivity index is 2.20. The van der Waals surface area contributed by atoms with Crippen LogP contribution in [-0.4, -0.2) is 38.0 Å². The lowest BCUT2D eigenvalue weighted by Crippen LogP contribution is -2.27. The monoisotopic (exact) mass is 255 g/mol. The summed E-state index contributed by atoms with van der Waals surface area (Å²) < 4.78 is 23.0. The third-order valence-corrected chi connectivity index (χ3v) is 4.73. The molecule has 1 fully saturated rings. The van der Waals surface area contributed by atoms with Gasteiger partial charge >= 0.3 is 0 Å². The lowest BCUT2D eigenvalue weighted by Gasteiger charge is -2.21. The minimum Gasteiger partial charge on any atom is -0.397 e. The predicted octanol–water partition coefficient (Wildman–Crippen LogP) is 0.597. The lowest BCUT2D eigenvalue weighted by molar-refractivity contribution is 0.597. The van der Waals surface area contributed by atoms with Crippen molar-refractivity contribution in [1.29, 1.82) is 0 Å². The summed E-state index contributed by atoms with van der Waals surface area (Å²) >= 11 is 0. The van der Waals surface area contributed by atoms with Crippen molar-refractivity contribution < 1.29 is 8.42 Å². The van der Waals surface area contributed by atoms with Crippen LogP contribution in [0.5, 0.6) is 0 Å². The second-order valence-corrected chi connectivity index (χ2v) is 6.70. The smallest absolute Gasteiger partial charge is 0.152 e. The molecule has 0 aliphatic carbocycles. The number of aryl methyl sites for hydroxylation is 1. The average Bonchev–Trinajstić information content (AvgIpc) is 2.44. The zero-order chi connectivity index (χ0) is 12.5. The van der Waals surface area contributed by atoms with Gasteiger partial charge in [0.05, 0.1) is 23.4 Å². The minimum atomic E-state index is -2.87. The van der Waals surface area contributed by atoms with E-state index in [9.17, 15) is 8.42 Å². The average molecular weight is 255 g/mol. The van der Waals surface area contributed by atoms with Gasteiger partial charge in [0.2, 0.25) is 0 Å². The van der Waals surface area contributed by atoms with Crippen LogP contribution in [0, 0.1) is 6.92 Å². The Bertz CT molecular complexity index is 513. The van der Waals surface area contributed by atoms with E-state index in [0.29, 0.717) is 18.7 Å². The van der Waals surface area contributed by atoms with Gasteiger partial charge in [0, 0.05) is 13.1 Å². The number of hydrogen-bond acceptors (Lipinski definition) is 5. The summed E-state index contributed by atoms with van der Waals surface area (Å²) in [4.78, 5) is 6.27. The number of nitrogen functional groups attached to an aromatic ring is 1. The molecule has 1 aromatic rings. The number of anilines is 2. The van der Waals surface area contributed by atoms with E-state index in [0.717, 1.165) is 17.9 Å². The van der Waals surface area contributed by atoms with Crippen LogP contribution in [-0.2, 0) is 9.84 Å². The number of hydrogen-bond donors (Lipinski definition) is 1. The standard InChI is InChI=1S/C11H17N3O2S/c1-9-7-11(13-8-10(9)12)14-3-2-5-17(15,16)6-4-14/h7-8H,2-6,12H2,1H3. The van der Waals surface area contributed by atoms with E-state index < -0.39 is 9.84 Å². The minimum absolute atomic E-state index is 0.206. The first-order valence-corrected chi connectivity index (χ1v) is 7.47. The number of nitrogens with zero attached hydrogens (tertiary/aromatic N) is 2. The quantitative estimate of drug-likeness (QED) is 0.795. The van der Waals surface area contributed by atoms with Crippen molar-refractivity contribution in [3.8, 4) is 0 Å². The molecule has 5 nitrogen and oxygen atoms in total. The summed E-state index contributed by atoms with van der Waals surface area (Å²) in [5.41, 5.74) is 7.35. The second-order valence-electron chi connectivity index (χ2n) is 4.39. The summed E-state index contributed by atoms with van der Waals surface area (Å²) in [6.45, 7) is 3.17. The fraction of sp³-hybridized carbons (Fsp3) is 0.545. The molecular weight excluding hydrogens is 238 g/mol. The van der Waals surface area contributed by atoms with Gasteiger partial charge in [-0.25, -0.2) is 13.4 Å². The maximum Gasteiger partial charge on any atom is 0.152 e. The van der Waals surface area contributed by atoms with E-state index >= 15 is 0 Å². The van der Waals surface area contributed by atoms with E-state index in [-0.39, 0.29) is 11.5 Å². The molecule has 0 unspecified atom stereocenters. The Kier molecular flexibility index (Phi) is 3.24. The van der Waals surface area contributed by atoms with Crippen LogP contribution in [0.4, 0.5) is 11.5 Å². The zero-order valence-electron chi connectivity index (χ0n) is 9.89. The Morgan fingerprint density at radius 3 is 2.82 bits per heavy atom. The summed E-state index contributed by atoms with van der Waals surface area (Å²) in [6, 6.07) is 1.91. The number of sulfone groups is 1. The molecule has 0 atom stereocenters. The highest BCUT2D eigenvalue weighted by molar-refractivity contribution is 7.91. The number of pyridine rings is 1. The highest BCUT2D eigenvalue weighted by Crippen LogP contribution is 2.19.